The van der Waals surface area contributed by atoms with Crippen LogP contribution in [0.1, 0.15) is 42.0 Å². The van der Waals surface area contributed by atoms with E-state index in [0.717, 1.165) is 28.7 Å². The molecule has 1 aliphatic rings. The van der Waals surface area contributed by atoms with E-state index in [2.05, 4.69) is 4.99 Å². The van der Waals surface area contributed by atoms with Crippen molar-refractivity contribution in [3.05, 3.63) is 53.1 Å². The molecule has 0 radical (unpaired) electrons. The Morgan fingerprint density at radius 2 is 1.87 bits per heavy atom. The summed E-state index contributed by atoms with van der Waals surface area (Å²) in [4.78, 5) is 27.2. The number of fused-ring (bicyclic) bond motifs is 1. The fraction of sp³-hybridized carbons (Fsp3) is 0.375. The number of ether oxygens (including phenoxy) is 4. The molecule has 0 fully saturated rings. The number of hydrogen-bond donors (Lipinski definition) is 0. The Hall–Kier alpha value is -3.35. The second-order valence-corrected chi connectivity index (χ2v) is 7.21. The summed E-state index contributed by atoms with van der Waals surface area (Å²) in [7, 11) is 3.22. The molecule has 3 rings (SSSR count). The number of esters is 1. The first-order valence-electron chi connectivity index (χ1n) is 10.1. The quantitative estimate of drug-likeness (QED) is 0.328. The van der Waals surface area contributed by atoms with E-state index in [1.54, 1.807) is 20.4 Å². The number of carbonyl (C=O) groups is 2. The average molecular weight is 425 g/mol. The van der Waals surface area contributed by atoms with E-state index in [1.165, 1.54) is 6.92 Å². The Labute approximate surface area is 182 Å². The molecule has 0 aliphatic carbocycles. The zero-order valence-electron chi connectivity index (χ0n) is 18.0. The van der Waals surface area contributed by atoms with Crippen molar-refractivity contribution in [1.82, 2.24) is 0 Å². The number of carbonyl (C=O) groups excluding carboxylic acids is 2. The summed E-state index contributed by atoms with van der Waals surface area (Å²) < 4.78 is 21.6. The van der Waals surface area contributed by atoms with Crippen molar-refractivity contribution in [3.63, 3.8) is 0 Å². The normalized spacial score (nSPS) is 16.9. The second kappa shape index (κ2) is 10.6. The Morgan fingerprint density at radius 1 is 1.06 bits per heavy atom. The van der Waals surface area contributed by atoms with Gasteiger partial charge in [0.05, 0.1) is 39.4 Å². The molecule has 0 aromatic heterocycles. The van der Waals surface area contributed by atoms with E-state index in [4.69, 9.17) is 18.9 Å². The second-order valence-electron chi connectivity index (χ2n) is 7.21. The van der Waals surface area contributed by atoms with E-state index in [-0.39, 0.29) is 18.6 Å². The predicted octanol–water partition coefficient (Wildman–Crippen LogP) is 3.69. The summed E-state index contributed by atoms with van der Waals surface area (Å²) in [5.74, 6) is 1.15. The fourth-order valence-electron chi connectivity index (χ4n) is 3.55. The van der Waals surface area contributed by atoms with Crippen LogP contribution in [0.5, 0.6) is 17.2 Å². The van der Waals surface area contributed by atoms with Gasteiger partial charge in [-0.25, -0.2) is 0 Å². The molecule has 0 bridgehead atoms. The molecule has 164 valence electrons. The number of benzene rings is 2. The van der Waals surface area contributed by atoms with Crippen molar-refractivity contribution in [2.75, 3.05) is 27.4 Å². The van der Waals surface area contributed by atoms with E-state index in [1.807, 2.05) is 36.4 Å². The minimum absolute atomic E-state index is 0.148. The highest BCUT2D eigenvalue weighted by atomic mass is 16.5. The SMILES string of the molecule is COc1cccc(CC2N=CC(C=O)c3cc(OCCCOC(C)=O)c(OC)cc32)c1. The molecule has 1 heterocycles. The fourth-order valence-corrected chi connectivity index (χ4v) is 3.55. The van der Waals surface area contributed by atoms with Crippen LogP contribution < -0.4 is 14.2 Å². The summed E-state index contributed by atoms with van der Waals surface area (Å²) in [5, 5.41) is 0. The Bertz CT molecular complexity index is 955. The minimum atomic E-state index is -0.439. The van der Waals surface area contributed by atoms with Gasteiger partial charge in [-0.05, 0) is 47.4 Å². The molecule has 0 amide bonds. The van der Waals surface area contributed by atoms with Gasteiger partial charge in [-0.15, -0.1) is 0 Å². The number of rotatable bonds is 10. The molecule has 2 aromatic rings. The molecule has 0 spiro atoms. The molecule has 31 heavy (non-hydrogen) atoms. The van der Waals surface area contributed by atoms with Gasteiger partial charge in [0, 0.05) is 19.6 Å². The summed E-state index contributed by atoms with van der Waals surface area (Å²) in [6.45, 7) is 2.01. The molecule has 2 aromatic carbocycles. The first-order chi connectivity index (χ1) is 15.0. The molecule has 2 unspecified atom stereocenters. The maximum Gasteiger partial charge on any atom is 0.302 e. The highest BCUT2D eigenvalue weighted by Gasteiger charge is 2.27. The van der Waals surface area contributed by atoms with Crippen LogP contribution >= 0.6 is 0 Å². The van der Waals surface area contributed by atoms with Crippen molar-refractivity contribution < 1.29 is 28.5 Å². The number of hydrogen-bond acceptors (Lipinski definition) is 7. The Morgan fingerprint density at radius 3 is 2.58 bits per heavy atom. The number of aldehydes is 1. The zero-order chi connectivity index (χ0) is 22.2. The van der Waals surface area contributed by atoms with Gasteiger partial charge in [0.1, 0.15) is 12.0 Å². The highest BCUT2D eigenvalue weighted by molar-refractivity contribution is 5.90. The van der Waals surface area contributed by atoms with Gasteiger partial charge < -0.3 is 23.7 Å². The third kappa shape index (κ3) is 5.63. The Kier molecular flexibility index (Phi) is 7.65. The van der Waals surface area contributed by atoms with Crippen LogP contribution in [0, 0.1) is 0 Å². The largest absolute Gasteiger partial charge is 0.497 e. The average Bonchev–Trinajstić information content (AvgIpc) is 2.78. The molecular formula is C24H27NO6. The first-order valence-corrected chi connectivity index (χ1v) is 10.1. The lowest BCUT2D eigenvalue weighted by Crippen LogP contribution is -2.17. The molecular weight excluding hydrogens is 398 g/mol. The van der Waals surface area contributed by atoms with Crippen LogP contribution in [0.3, 0.4) is 0 Å². The van der Waals surface area contributed by atoms with E-state index >= 15 is 0 Å². The van der Waals surface area contributed by atoms with Crippen molar-refractivity contribution in [2.45, 2.75) is 31.7 Å². The summed E-state index contributed by atoms with van der Waals surface area (Å²) in [5.41, 5.74) is 2.88. The number of aliphatic imine (C=N–C) groups is 1. The first kappa shape index (κ1) is 22.3. The smallest absolute Gasteiger partial charge is 0.302 e. The molecule has 0 N–H and O–H groups in total. The standard InChI is InChI=1S/C24H27NO6/c1-16(27)30-8-5-9-31-24-12-20-18(15-26)14-25-22(21(20)13-23(24)29-3)11-17-6-4-7-19(10-17)28-2/h4,6-7,10,12-15,18,22H,5,8-9,11H2,1-3H3. The molecule has 0 saturated heterocycles. The van der Waals surface area contributed by atoms with Gasteiger partial charge in [0.15, 0.2) is 11.5 Å². The topological polar surface area (TPSA) is 83.4 Å². The zero-order valence-corrected chi connectivity index (χ0v) is 18.0. The lowest BCUT2D eigenvalue weighted by molar-refractivity contribution is -0.141. The van der Waals surface area contributed by atoms with Crippen molar-refractivity contribution in [2.24, 2.45) is 4.99 Å². The summed E-state index contributed by atoms with van der Waals surface area (Å²) >= 11 is 0. The van der Waals surface area contributed by atoms with Crippen LogP contribution in [-0.4, -0.2) is 45.9 Å². The number of methoxy groups -OCH3 is 2. The maximum absolute atomic E-state index is 11.7. The molecule has 2 atom stereocenters. The van der Waals surface area contributed by atoms with Gasteiger partial charge in [0.2, 0.25) is 0 Å². The van der Waals surface area contributed by atoms with Crippen LogP contribution in [0.25, 0.3) is 0 Å². The van der Waals surface area contributed by atoms with Crippen molar-refractivity contribution >= 4 is 18.5 Å². The summed E-state index contributed by atoms with van der Waals surface area (Å²) in [6.07, 6.45) is 3.78. The van der Waals surface area contributed by atoms with Crippen LogP contribution in [0.4, 0.5) is 0 Å². The van der Waals surface area contributed by atoms with Gasteiger partial charge >= 0.3 is 5.97 Å². The monoisotopic (exact) mass is 425 g/mol. The van der Waals surface area contributed by atoms with Crippen molar-refractivity contribution in [3.8, 4) is 17.2 Å². The number of nitrogens with zero attached hydrogens (tertiary/aromatic N) is 1. The van der Waals surface area contributed by atoms with Gasteiger partial charge in [-0.1, -0.05) is 12.1 Å². The van der Waals surface area contributed by atoms with Gasteiger partial charge in [-0.3, -0.25) is 9.79 Å². The van der Waals surface area contributed by atoms with Gasteiger partial charge in [-0.2, -0.15) is 0 Å². The maximum atomic E-state index is 11.7. The lowest BCUT2D eigenvalue weighted by Gasteiger charge is -2.26. The van der Waals surface area contributed by atoms with Crippen LogP contribution in [-0.2, 0) is 20.7 Å². The minimum Gasteiger partial charge on any atom is -0.497 e. The third-order valence-electron chi connectivity index (χ3n) is 5.08. The third-order valence-corrected chi connectivity index (χ3v) is 5.08. The summed E-state index contributed by atoms with van der Waals surface area (Å²) in [6, 6.07) is 11.5. The van der Waals surface area contributed by atoms with Crippen LogP contribution in [0.15, 0.2) is 41.4 Å². The Balaban J connectivity index is 1.83. The van der Waals surface area contributed by atoms with Crippen LogP contribution in [0.2, 0.25) is 0 Å². The van der Waals surface area contributed by atoms with Crippen molar-refractivity contribution in [1.29, 1.82) is 0 Å². The highest BCUT2D eigenvalue weighted by Crippen LogP contribution is 2.40. The lowest BCUT2D eigenvalue weighted by atomic mass is 9.86. The molecule has 1 aliphatic heterocycles. The van der Waals surface area contributed by atoms with E-state index in [0.29, 0.717) is 30.9 Å². The predicted molar refractivity (Wildman–Crippen MR) is 116 cm³/mol. The van der Waals surface area contributed by atoms with E-state index in [9.17, 15) is 9.59 Å². The molecule has 7 nitrogen and oxygen atoms in total. The van der Waals surface area contributed by atoms with Gasteiger partial charge in [0.25, 0.3) is 0 Å². The van der Waals surface area contributed by atoms with E-state index < -0.39 is 5.92 Å². The molecule has 0 saturated carbocycles. The molecule has 7 heteroatoms.